The van der Waals surface area contributed by atoms with E-state index in [1.54, 1.807) is 12.1 Å². The molecule has 1 aromatic heterocycles. The molecular formula is C23H23NO5. The summed E-state index contributed by atoms with van der Waals surface area (Å²) in [6.07, 6.45) is -0.375. The van der Waals surface area contributed by atoms with E-state index in [1.807, 2.05) is 34.9 Å². The SMILES string of the molecule is [2H]C([2H])(CC(=O)C1=C(O)c2ccc(-c3ccccc3)n2C2(CCCCC2)C1=O)C(=O)O. The van der Waals surface area contributed by atoms with Crippen LogP contribution in [0.5, 0.6) is 0 Å². The van der Waals surface area contributed by atoms with Crippen LogP contribution in [0.2, 0.25) is 0 Å². The first-order chi connectivity index (χ1) is 14.7. The number of carboxylic acids is 1. The number of hydrogen-bond acceptors (Lipinski definition) is 4. The van der Waals surface area contributed by atoms with Gasteiger partial charge in [-0.25, -0.2) is 0 Å². The maximum atomic E-state index is 13.7. The summed E-state index contributed by atoms with van der Waals surface area (Å²) in [7, 11) is 0. The van der Waals surface area contributed by atoms with Crippen LogP contribution in [-0.2, 0) is 19.9 Å². The van der Waals surface area contributed by atoms with E-state index in [0.717, 1.165) is 30.5 Å². The number of carbonyl (C=O) groups is 3. The van der Waals surface area contributed by atoms with Crippen LogP contribution in [0.1, 0.15) is 53.3 Å². The Hall–Kier alpha value is -3.15. The quantitative estimate of drug-likeness (QED) is 0.743. The van der Waals surface area contributed by atoms with Crippen LogP contribution in [0.15, 0.2) is 48.0 Å². The van der Waals surface area contributed by atoms with Crippen molar-refractivity contribution in [2.45, 2.75) is 50.4 Å². The number of carboxylic acid groups (broad SMARTS) is 1. The van der Waals surface area contributed by atoms with Crippen LogP contribution in [0.3, 0.4) is 0 Å². The largest absolute Gasteiger partial charge is 0.505 e. The minimum Gasteiger partial charge on any atom is -0.505 e. The first-order valence-corrected chi connectivity index (χ1v) is 9.72. The van der Waals surface area contributed by atoms with Crippen molar-refractivity contribution in [2.24, 2.45) is 0 Å². The predicted octanol–water partition coefficient (Wildman–Crippen LogP) is 4.10. The van der Waals surface area contributed by atoms with Gasteiger partial charge >= 0.3 is 5.97 Å². The fraction of sp³-hybridized carbons (Fsp3) is 0.348. The highest BCUT2D eigenvalue weighted by Gasteiger charge is 2.50. The molecule has 2 heterocycles. The van der Waals surface area contributed by atoms with E-state index in [4.69, 9.17) is 7.85 Å². The molecule has 29 heavy (non-hydrogen) atoms. The van der Waals surface area contributed by atoms with E-state index >= 15 is 0 Å². The number of aliphatic hydroxyl groups is 1. The highest BCUT2D eigenvalue weighted by Crippen LogP contribution is 2.47. The van der Waals surface area contributed by atoms with Crippen LogP contribution in [0.4, 0.5) is 0 Å². The molecule has 1 spiro atoms. The van der Waals surface area contributed by atoms with Gasteiger partial charge in [-0.3, -0.25) is 14.4 Å². The molecule has 6 heteroatoms. The number of allylic oxidation sites excluding steroid dienone is 1. The predicted molar refractivity (Wildman–Crippen MR) is 107 cm³/mol. The Labute approximate surface area is 171 Å². The van der Waals surface area contributed by atoms with Crippen LogP contribution in [0, 0.1) is 0 Å². The lowest BCUT2D eigenvalue weighted by atomic mass is 9.72. The first-order valence-electron chi connectivity index (χ1n) is 10.7. The Kier molecular flexibility index (Phi) is 4.25. The lowest BCUT2D eigenvalue weighted by Crippen LogP contribution is -2.49. The van der Waals surface area contributed by atoms with Gasteiger partial charge in [0.25, 0.3) is 0 Å². The van der Waals surface area contributed by atoms with Crippen LogP contribution in [0.25, 0.3) is 17.0 Å². The molecule has 1 aromatic carbocycles. The van der Waals surface area contributed by atoms with E-state index in [1.165, 1.54) is 0 Å². The molecule has 0 unspecified atom stereocenters. The van der Waals surface area contributed by atoms with Crippen LogP contribution in [-0.4, -0.2) is 32.3 Å². The number of nitrogens with zero attached hydrogens (tertiary/aromatic N) is 1. The summed E-state index contributed by atoms with van der Waals surface area (Å²) in [6, 6.07) is 12.9. The summed E-state index contributed by atoms with van der Waals surface area (Å²) < 4.78 is 17.0. The molecular weight excluding hydrogens is 370 g/mol. The number of aromatic nitrogens is 1. The number of aliphatic carboxylic acids is 1. The van der Waals surface area contributed by atoms with Gasteiger partial charge in [0.15, 0.2) is 17.3 Å². The zero-order valence-electron chi connectivity index (χ0n) is 17.9. The minimum absolute atomic E-state index is 0.319. The zero-order chi connectivity index (χ0) is 22.4. The molecule has 0 bridgehead atoms. The van der Waals surface area contributed by atoms with Gasteiger partial charge in [0.2, 0.25) is 0 Å². The molecule has 2 N–H and O–H groups in total. The summed E-state index contributed by atoms with van der Waals surface area (Å²) in [5.74, 6) is -3.86. The summed E-state index contributed by atoms with van der Waals surface area (Å²) >= 11 is 0. The maximum absolute atomic E-state index is 13.7. The molecule has 1 aliphatic heterocycles. The normalized spacial score (nSPS) is 19.5. The highest BCUT2D eigenvalue weighted by molar-refractivity contribution is 6.27. The highest BCUT2D eigenvalue weighted by atomic mass is 16.4. The average molecular weight is 395 g/mol. The number of Topliss-reactive ketones (excluding diaryl/α,β-unsaturated/α-hetero) is 2. The summed E-state index contributed by atoms with van der Waals surface area (Å²) in [4.78, 5) is 37.8. The summed E-state index contributed by atoms with van der Waals surface area (Å²) in [6.45, 7) is 0. The van der Waals surface area contributed by atoms with Crippen LogP contribution >= 0.6 is 0 Å². The van der Waals surface area contributed by atoms with Gasteiger partial charge < -0.3 is 14.8 Å². The Morgan fingerprint density at radius 2 is 1.69 bits per heavy atom. The van der Waals surface area contributed by atoms with Gasteiger partial charge in [-0.2, -0.15) is 0 Å². The molecule has 0 atom stereocenters. The first kappa shape index (κ1) is 16.8. The molecule has 1 aliphatic carbocycles. The van der Waals surface area contributed by atoms with E-state index in [9.17, 15) is 19.5 Å². The van der Waals surface area contributed by atoms with Gasteiger partial charge in [0.1, 0.15) is 11.1 Å². The molecule has 0 amide bonds. The molecule has 6 nitrogen and oxygen atoms in total. The van der Waals surface area contributed by atoms with Crippen molar-refractivity contribution in [1.82, 2.24) is 4.57 Å². The number of aliphatic hydroxyl groups excluding tert-OH is 1. The number of ketones is 2. The number of hydrogen-bond donors (Lipinski definition) is 2. The van der Waals surface area contributed by atoms with E-state index in [0.29, 0.717) is 18.5 Å². The number of fused-ring (bicyclic) bond motifs is 2. The topological polar surface area (TPSA) is 96.6 Å². The third-order valence-electron chi connectivity index (χ3n) is 5.87. The van der Waals surface area contributed by atoms with E-state index in [-0.39, 0.29) is 0 Å². The Bertz CT molecular complexity index is 1090. The zero-order valence-corrected chi connectivity index (χ0v) is 15.9. The van der Waals surface area contributed by atoms with Gasteiger partial charge in [0, 0.05) is 14.9 Å². The van der Waals surface area contributed by atoms with Crippen molar-refractivity contribution in [1.29, 1.82) is 0 Å². The second kappa shape index (κ2) is 7.35. The Balaban J connectivity index is 1.90. The van der Waals surface area contributed by atoms with Gasteiger partial charge in [-0.15, -0.1) is 0 Å². The fourth-order valence-corrected chi connectivity index (χ4v) is 4.58. The molecule has 0 radical (unpaired) electrons. The van der Waals surface area contributed by atoms with Gasteiger partial charge in [0.05, 0.1) is 12.1 Å². The van der Waals surface area contributed by atoms with E-state index in [2.05, 4.69) is 0 Å². The van der Waals surface area contributed by atoms with Crippen molar-refractivity contribution < 1.29 is 27.3 Å². The van der Waals surface area contributed by atoms with Gasteiger partial charge in [-0.1, -0.05) is 49.6 Å². The third-order valence-corrected chi connectivity index (χ3v) is 5.87. The van der Waals surface area contributed by atoms with Gasteiger partial charge in [-0.05, 0) is 30.5 Å². The van der Waals surface area contributed by atoms with E-state index < -0.39 is 47.2 Å². The molecule has 2 aliphatic rings. The van der Waals surface area contributed by atoms with Crippen LogP contribution < -0.4 is 0 Å². The fourth-order valence-electron chi connectivity index (χ4n) is 4.58. The summed E-state index contributed by atoms with van der Waals surface area (Å²) in [5, 5.41) is 20.0. The molecule has 2 aromatic rings. The van der Waals surface area contributed by atoms with Crippen molar-refractivity contribution in [3.63, 3.8) is 0 Å². The third kappa shape index (κ3) is 3.09. The minimum atomic E-state index is -2.83. The molecule has 1 fully saturated rings. The smallest absolute Gasteiger partial charge is 0.303 e. The lowest BCUT2D eigenvalue weighted by molar-refractivity contribution is -0.138. The monoisotopic (exact) mass is 395 g/mol. The maximum Gasteiger partial charge on any atom is 0.303 e. The summed E-state index contributed by atoms with van der Waals surface area (Å²) in [5.41, 5.74) is 0.396. The molecule has 150 valence electrons. The second-order valence-electron chi connectivity index (χ2n) is 7.53. The number of benzene rings is 1. The Morgan fingerprint density at radius 3 is 2.34 bits per heavy atom. The van der Waals surface area contributed by atoms with Crippen molar-refractivity contribution >= 4 is 23.3 Å². The van der Waals surface area contributed by atoms with Crippen molar-refractivity contribution in [3.05, 3.63) is 53.7 Å². The van der Waals surface area contributed by atoms with Crippen molar-refractivity contribution in [3.8, 4) is 11.3 Å². The number of rotatable bonds is 5. The van der Waals surface area contributed by atoms with Crippen molar-refractivity contribution in [2.75, 3.05) is 0 Å². The lowest BCUT2D eigenvalue weighted by Gasteiger charge is -2.42. The standard InChI is InChI=1S/C23H23NO5/c25-18(11-12-19(26)27)20-21(28)17-10-9-16(15-7-3-1-4-8-15)24(17)23(22(20)29)13-5-2-6-14-23/h1,3-4,7-10,28H,2,5-6,11-14H2,(H,26,27)/i12D2. The number of carbonyl (C=O) groups excluding carboxylic acids is 2. The molecule has 1 saturated carbocycles. The Morgan fingerprint density at radius 1 is 1.03 bits per heavy atom. The average Bonchev–Trinajstić information content (AvgIpc) is 3.20. The molecule has 0 saturated heterocycles. The molecule has 4 rings (SSSR count). The second-order valence-corrected chi connectivity index (χ2v) is 7.53.